The SMILES string of the molecule is Cl.OC1(C#CBr)CCNCC1. The number of aliphatic hydroxyl groups is 1. The van der Waals surface area contributed by atoms with Gasteiger partial charge < -0.3 is 10.4 Å². The van der Waals surface area contributed by atoms with Gasteiger partial charge in [-0.25, -0.2) is 0 Å². The standard InChI is InChI=1S/C7H10BrNO.ClH/c8-4-1-7(10)2-5-9-6-3-7;/h9-10H,2-3,5-6H2;1H. The van der Waals surface area contributed by atoms with Gasteiger partial charge in [0.25, 0.3) is 0 Å². The molecule has 2 N–H and O–H groups in total. The highest BCUT2D eigenvalue weighted by Gasteiger charge is 2.26. The van der Waals surface area contributed by atoms with Gasteiger partial charge in [-0.15, -0.1) is 12.4 Å². The molecule has 0 aromatic rings. The van der Waals surface area contributed by atoms with Crippen molar-refractivity contribution in [3.8, 4) is 10.8 Å². The van der Waals surface area contributed by atoms with E-state index in [1.165, 1.54) is 0 Å². The number of hydrogen-bond acceptors (Lipinski definition) is 2. The van der Waals surface area contributed by atoms with Crippen LogP contribution < -0.4 is 5.32 Å². The topological polar surface area (TPSA) is 32.3 Å². The summed E-state index contributed by atoms with van der Waals surface area (Å²) in [6.45, 7) is 1.72. The van der Waals surface area contributed by atoms with Gasteiger partial charge in [0, 0.05) is 28.8 Å². The van der Waals surface area contributed by atoms with Gasteiger partial charge in [0.05, 0.1) is 0 Å². The van der Waals surface area contributed by atoms with Gasteiger partial charge in [-0.1, -0.05) is 5.92 Å². The van der Waals surface area contributed by atoms with Gasteiger partial charge in [0.15, 0.2) is 0 Å². The molecule has 4 heteroatoms. The minimum atomic E-state index is -0.741. The van der Waals surface area contributed by atoms with Crippen molar-refractivity contribution in [1.29, 1.82) is 0 Å². The smallest absolute Gasteiger partial charge is 0.128 e. The molecule has 0 spiro atoms. The summed E-state index contributed by atoms with van der Waals surface area (Å²) in [7, 11) is 0. The van der Waals surface area contributed by atoms with Gasteiger partial charge in [-0.3, -0.25) is 0 Å². The molecule has 1 aliphatic rings. The molecule has 0 aromatic heterocycles. The summed E-state index contributed by atoms with van der Waals surface area (Å²) in [5.74, 6) is 2.74. The Kier molecular flexibility index (Phi) is 5.11. The highest BCUT2D eigenvalue weighted by Crippen LogP contribution is 2.16. The first-order valence-corrected chi connectivity index (χ1v) is 4.12. The van der Waals surface area contributed by atoms with E-state index in [4.69, 9.17) is 0 Å². The summed E-state index contributed by atoms with van der Waals surface area (Å²) in [5.41, 5.74) is -0.741. The first-order valence-electron chi connectivity index (χ1n) is 3.33. The second kappa shape index (κ2) is 5.00. The maximum absolute atomic E-state index is 9.63. The van der Waals surface area contributed by atoms with Crippen molar-refractivity contribution in [2.75, 3.05) is 13.1 Å². The van der Waals surface area contributed by atoms with E-state index < -0.39 is 5.60 Å². The van der Waals surface area contributed by atoms with E-state index >= 15 is 0 Å². The zero-order valence-corrected chi connectivity index (χ0v) is 8.46. The third kappa shape index (κ3) is 3.44. The molecule has 0 bridgehead atoms. The molecule has 64 valence electrons. The molecule has 1 rings (SSSR count). The predicted octanol–water partition coefficient (Wildman–Crippen LogP) is 0.879. The van der Waals surface area contributed by atoms with Crippen molar-refractivity contribution in [2.45, 2.75) is 18.4 Å². The predicted molar refractivity (Wildman–Crippen MR) is 51.0 cm³/mol. The van der Waals surface area contributed by atoms with E-state index in [1.54, 1.807) is 0 Å². The lowest BCUT2D eigenvalue weighted by atomic mass is 9.94. The minimum Gasteiger partial charge on any atom is -0.377 e. The van der Waals surface area contributed by atoms with Crippen molar-refractivity contribution in [1.82, 2.24) is 5.32 Å². The monoisotopic (exact) mass is 239 g/mol. The van der Waals surface area contributed by atoms with Crippen LogP contribution in [-0.4, -0.2) is 23.8 Å². The Morgan fingerprint density at radius 2 is 1.91 bits per heavy atom. The van der Waals surface area contributed by atoms with E-state index in [0.29, 0.717) is 0 Å². The van der Waals surface area contributed by atoms with Gasteiger partial charge in [-0.05, 0) is 17.9 Å². The molecule has 0 radical (unpaired) electrons. The summed E-state index contributed by atoms with van der Waals surface area (Å²) >= 11 is 2.98. The van der Waals surface area contributed by atoms with Crippen LogP contribution in [0.1, 0.15) is 12.8 Å². The average Bonchev–Trinajstić information content (AvgIpc) is 1.89. The molecular weight excluding hydrogens is 229 g/mol. The maximum atomic E-state index is 9.63. The fourth-order valence-electron chi connectivity index (χ4n) is 1.05. The molecule has 0 aliphatic carbocycles. The molecule has 2 nitrogen and oxygen atoms in total. The molecule has 1 saturated heterocycles. The van der Waals surface area contributed by atoms with Crippen molar-refractivity contribution in [2.24, 2.45) is 0 Å². The normalized spacial score (nSPS) is 20.9. The molecule has 0 unspecified atom stereocenters. The van der Waals surface area contributed by atoms with Crippen LogP contribution in [0.2, 0.25) is 0 Å². The van der Waals surface area contributed by atoms with Crippen molar-refractivity contribution in [3.05, 3.63) is 0 Å². The highest BCUT2D eigenvalue weighted by molar-refractivity contribution is 9.12. The Hall–Kier alpha value is 0.250. The van der Waals surface area contributed by atoms with Gasteiger partial charge >= 0.3 is 0 Å². The number of hydrogen-bond donors (Lipinski definition) is 2. The molecule has 11 heavy (non-hydrogen) atoms. The van der Waals surface area contributed by atoms with Crippen molar-refractivity contribution < 1.29 is 5.11 Å². The second-order valence-electron chi connectivity index (χ2n) is 2.50. The lowest BCUT2D eigenvalue weighted by Gasteiger charge is -2.26. The molecular formula is C7H11BrClNO. The van der Waals surface area contributed by atoms with E-state index in [0.717, 1.165) is 25.9 Å². The van der Waals surface area contributed by atoms with Crippen LogP contribution in [0.5, 0.6) is 0 Å². The molecule has 0 amide bonds. The van der Waals surface area contributed by atoms with Crippen molar-refractivity contribution in [3.63, 3.8) is 0 Å². The zero-order valence-electron chi connectivity index (χ0n) is 6.06. The summed E-state index contributed by atoms with van der Waals surface area (Å²) in [4.78, 5) is 2.56. The van der Waals surface area contributed by atoms with E-state index in [2.05, 4.69) is 32.0 Å². The average molecular weight is 241 g/mol. The van der Waals surface area contributed by atoms with Crippen LogP contribution in [-0.2, 0) is 0 Å². The summed E-state index contributed by atoms with van der Waals surface area (Å²) in [5, 5.41) is 12.8. The molecule has 1 fully saturated rings. The van der Waals surface area contributed by atoms with Crippen LogP contribution >= 0.6 is 28.3 Å². The maximum Gasteiger partial charge on any atom is 0.128 e. The van der Waals surface area contributed by atoms with Gasteiger partial charge in [0.2, 0.25) is 0 Å². The Balaban J connectivity index is 0.000001000. The number of nitrogens with one attached hydrogen (secondary N) is 1. The lowest BCUT2D eigenvalue weighted by Crippen LogP contribution is -2.40. The van der Waals surface area contributed by atoms with Crippen LogP contribution in [0.25, 0.3) is 0 Å². The number of piperidine rings is 1. The third-order valence-electron chi connectivity index (χ3n) is 1.71. The van der Waals surface area contributed by atoms with Gasteiger partial charge in [-0.2, -0.15) is 0 Å². The molecule has 0 aromatic carbocycles. The summed E-state index contributed by atoms with van der Waals surface area (Å²) in [6.07, 6.45) is 1.46. The van der Waals surface area contributed by atoms with Crippen LogP contribution in [0, 0.1) is 10.8 Å². The molecule has 0 saturated carbocycles. The largest absolute Gasteiger partial charge is 0.377 e. The van der Waals surface area contributed by atoms with Crippen molar-refractivity contribution >= 4 is 28.3 Å². The number of halogens is 2. The van der Waals surface area contributed by atoms with Gasteiger partial charge in [0.1, 0.15) is 5.60 Å². The molecule has 0 atom stereocenters. The van der Waals surface area contributed by atoms with Crippen LogP contribution in [0.4, 0.5) is 0 Å². The first kappa shape index (κ1) is 11.2. The van der Waals surface area contributed by atoms with E-state index in [1.807, 2.05) is 0 Å². The summed E-state index contributed by atoms with van der Waals surface area (Å²) < 4.78 is 0. The summed E-state index contributed by atoms with van der Waals surface area (Å²) in [6, 6.07) is 0. The first-order chi connectivity index (χ1) is 4.77. The fraction of sp³-hybridized carbons (Fsp3) is 0.714. The highest BCUT2D eigenvalue weighted by atomic mass is 79.9. The van der Waals surface area contributed by atoms with E-state index in [-0.39, 0.29) is 12.4 Å². The Labute approximate surface area is 81.3 Å². The van der Waals surface area contributed by atoms with Crippen LogP contribution in [0.3, 0.4) is 0 Å². The quantitative estimate of drug-likeness (QED) is 0.616. The Bertz CT molecular complexity index is 169. The molecule has 1 aliphatic heterocycles. The lowest BCUT2D eigenvalue weighted by molar-refractivity contribution is 0.0680. The molecule has 1 heterocycles. The Morgan fingerprint density at radius 3 is 2.36 bits per heavy atom. The second-order valence-corrected chi connectivity index (χ2v) is 2.90. The zero-order chi connectivity index (χ0) is 7.45. The van der Waals surface area contributed by atoms with Crippen LogP contribution in [0.15, 0.2) is 0 Å². The number of rotatable bonds is 0. The fourth-order valence-corrected chi connectivity index (χ4v) is 1.42. The third-order valence-corrected chi connectivity index (χ3v) is 1.91. The Morgan fingerprint density at radius 1 is 1.36 bits per heavy atom. The minimum absolute atomic E-state index is 0. The van der Waals surface area contributed by atoms with E-state index in [9.17, 15) is 5.11 Å².